The summed E-state index contributed by atoms with van der Waals surface area (Å²) in [6.45, 7) is 13.5. The van der Waals surface area contributed by atoms with Crippen molar-refractivity contribution in [3.8, 4) is 0 Å². The van der Waals surface area contributed by atoms with Gasteiger partial charge in [0, 0.05) is 25.8 Å². The molecule has 0 spiro atoms. The fraction of sp³-hybridized carbons (Fsp3) is 0.692. The van der Waals surface area contributed by atoms with Gasteiger partial charge in [0.1, 0.15) is 0 Å². The second-order valence-electron chi connectivity index (χ2n) is 7.60. The van der Waals surface area contributed by atoms with Crippen molar-refractivity contribution in [2.24, 2.45) is 0 Å². The zero-order valence-corrected chi connectivity index (χ0v) is 22.6. The van der Waals surface area contributed by atoms with Gasteiger partial charge in [0.05, 0.1) is 0 Å². The Morgan fingerprint density at radius 2 is 0.963 bits per heavy atom. The van der Waals surface area contributed by atoms with Gasteiger partial charge in [-0.25, -0.2) is 34.4 Å². The van der Waals surface area contributed by atoms with Crippen LogP contribution < -0.4 is 0 Å². The zero-order valence-electron chi connectivity index (χ0n) is 19.0. The van der Waals surface area contributed by atoms with Crippen LogP contribution in [0, 0.1) is 12.2 Å². The van der Waals surface area contributed by atoms with E-state index >= 15 is 0 Å². The molecule has 0 aromatic carbocycles. The summed E-state index contributed by atoms with van der Waals surface area (Å²) in [6.07, 6.45) is 22.1. The van der Waals surface area contributed by atoms with Gasteiger partial charge in [-0.05, 0) is 0 Å². The van der Waals surface area contributed by atoms with Crippen LogP contribution in [-0.2, 0) is 25.8 Å². The molecule has 0 amide bonds. The first-order valence-corrected chi connectivity index (χ1v) is 11.3. The fourth-order valence-corrected chi connectivity index (χ4v) is 3.86. The summed E-state index contributed by atoms with van der Waals surface area (Å²) in [6, 6.07) is 0. The van der Waals surface area contributed by atoms with Crippen molar-refractivity contribution in [2.45, 2.75) is 119 Å². The molecule has 0 nitrogen and oxygen atoms in total. The van der Waals surface area contributed by atoms with E-state index in [1.165, 1.54) is 88.2 Å². The van der Waals surface area contributed by atoms with Gasteiger partial charge in [0.2, 0.25) is 0 Å². The zero-order chi connectivity index (χ0) is 19.4. The molecule has 0 bridgehead atoms. The Morgan fingerprint density at radius 3 is 1.19 bits per heavy atom. The third-order valence-electron chi connectivity index (χ3n) is 5.59. The Labute approximate surface area is 189 Å². The normalized spacial score (nSPS) is 16.1. The van der Waals surface area contributed by atoms with Gasteiger partial charge < -0.3 is 0 Å². The van der Waals surface area contributed by atoms with Crippen molar-refractivity contribution < 1.29 is 25.8 Å². The first-order chi connectivity index (χ1) is 12.6. The van der Waals surface area contributed by atoms with E-state index in [4.69, 9.17) is 0 Å². The van der Waals surface area contributed by atoms with Crippen molar-refractivity contribution in [1.29, 1.82) is 0 Å². The quantitative estimate of drug-likeness (QED) is 0.195. The van der Waals surface area contributed by atoms with Gasteiger partial charge in [0.25, 0.3) is 0 Å². The molecule has 0 heterocycles. The number of hydrogen-bond donors (Lipinski definition) is 0. The summed E-state index contributed by atoms with van der Waals surface area (Å²) in [5.74, 6) is 0. The monoisotopic (exact) mass is 534 g/mol. The summed E-state index contributed by atoms with van der Waals surface area (Å²) in [7, 11) is 0. The van der Waals surface area contributed by atoms with E-state index in [0.29, 0.717) is 0 Å². The van der Waals surface area contributed by atoms with Crippen LogP contribution in [0.4, 0.5) is 0 Å². The van der Waals surface area contributed by atoms with Crippen LogP contribution in [0.1, 0.15) is 119 Å². The molecular formula is C26H42Hf-2. The van der Waals surface area contributed by atoms with Crippen molar-refractivity contribution in [3.05, 3.63) is 45.6 Å². The van der Waals surface area contributed by atoms with Crippen LogP contribution in [0.3, 0.4) is 0 Å². The van der Waals surface area contributed by atoms with E-state index in [0.717, 1.165) is 0 Å². The number of rotatable bonds is 10. The molecule has 27 heavy (non-hydrogen) atoms. The predicted molar refractivity (Wildman–Crippen MR) is 117 cm³/mol. The molecule has 2 aliphatic rings. The summed E-state index contributed by atoms with van der Waals surface area (Å²) in [4.78, 5) is 0. The van der Waals surface area contributed by atoms with Crippen molar-refractivity contribution in [1.82, 2.24) is 0 Å². The maximum absolute atomic E-state index is 3.57. The summed E-state index contributed by atoms with van der Waals surface area (Å²) < 4.78 is 0. The molecule has 0 atom stereocenters. The molecule has 2 aliphatic carbocycles. The summed E-state index contributed by atoms with van der Waals surface area (Å²) >= 11 is 0. The van der Waals surface area contributed by atoms with Crippen LogP contribution in [0.25, 0.3) is 0 Å². The molecule has 0 saturated heterocycles. The second kappa shape index (κ2) is 15.7. The molecule has 152 valence electrons. The molecule has 0 radical (unpaired) electrons. The topological polar surface area (TPSA) is 0 Å². The second-order valence-corrected chi connectivity index (χ2v) is 7.60. The van der Waals surface area contributed by atoms with E-state index in [1.807, 2.05) is 0 Å². The average Bonchev–Trinajstić information content (AvgIpc) is 3.27. The molecular weight excluding hydrogens is 491 g/mol. The molecule has 2 rings (SSSR count). The van der Waals surface area contributed by atoms with E-state index < -0.39 is 0 Å². The molecule has 0 fully saturated rings. The Balaban J connectivity index is 0.000000483. The van der Waals surface area contributed by atoms with Crippen molar-refractivity contribution in [2.75, 3.05) is 0 Å². The number of unbranched alkanes of at least 4 members (excludes halogenated alkanes) is 2. The molecule has 1 heteroatoms. The average molecular weight is 533 g/mol. The maximum atomic E-state index is 3.57. The van der Waals surface area contributed by atoms with Crippen LogP contribution in [-0.4, -0.2) is 0 Å². The van der Waals surface area contributed by atoms with Gasteiger partial charge >= 0.3 is 0 Å². The van der Waals surface area contributed by atoms with E-state index in [-0.39, 0.29) is 25.8 Å². The van der Waals surface area contributed by atoms with Gasteiger partial charge in [0.15, 0.2) is 0 Å². The first-order valence-electron chi connectivity index (χ1n) is 11.3. The third-order valence-corrected chi connectivity index (χ3v) is 5.59. The molecule has 0 saturated carbocycles. The molecule has 0 N–H and O–H groups in total. The van der Waals surface area contributed by atoms with E-state index in [2.05, 4.69) is 53.7 Å². The van der Waals surface area contributed by atoms with Crippen LogP contribution in [0.15, 0.2) is 33.4 Å². The fourth-order valence-electron chi connectivity index (χ4n) is 3.86. The van der Waals surface area contributed by atoms with Gasteiger partial charge in [-0.3, -0.25) is 0 Å². The minimum Gasteiger partial charge on any atom is -0.249 e. The summed E-state index contributed by atoms with van der Waals surface area (Å²) in [5, 5.41) is 0. The van der Waals surface area contributed by atoms with Gasteiger partial charge in [-0.1, -0.05) is 106 Å². The summed E-state index contributed by atoms with van der Waals surface area (Å²) in [5.41, 5.74) is 9.36. The Kier molecular flexibility index (Phi) is 15.6. The third kappa shape index (κ3) is 9.25. The first kappa shape index (κ1) is 26.8. The largest absolute Gasteiger partial charge is 0.249 e. The van der Waals surface area contributed by atoms with E-state index in [1.54, 1.807) is 22.3 Å². The Bertz CT molecular complexity index is 493. The Morgan fingerprint density at radius 1 is 0.593 bits per heavy atom. The van der Waals surface area contributed by atoms with Gasteiger partial charge in [-0.2, -0.15) is 11.1 Å². The smallest absolute Gasteiger partial charge is 0 e. The van der Waals surface area contributed by atoms with Crippen LogP contribution >= 0.6 is 0 Å². The minimum atomic E-state index is 0. The number of allylic oxidation sites excluding steroid dienone is 8. The number of hydrogen-bond acceptors (Lipinski definition) is 0. The van der Waals surface area contributed by atoms with E-state index in [9.17, 15) is 0 Å². The molecule has 0 aromatic rings. The predicted octanol–water partition coefficient (Wildman–Crippen LogP) is 8.85. The molecule has 0 aromatic heterocycles. The van der Waals surface area contributed by atoms with Crippen molar-refractivity contribution in [3.63, 3.8) is 0 Å². The standard InChI is InChI=1S/2C13H21.Hf/c2*1-4-7-8-11-9-12(5-2)13(6-3)10-11;/h2*4-9H2,1-3H3;/q2*-1;. The maximum Gasteiger partial charge on any atom is 0 e. The Hall–Kier alpha value is -0.170. The minimum absolute atomic E-state index is 0. The SMILES string of the molecule is CCCCC1=[C-]C(CC)=C(CC)C1.CCCCC1=[C-]C(CC)=C(CC)C1.[Hf]. The van der Waals surface area contributed by atoms with Gasteiger partial charge in [-0.15, -0.1) is 12.8 Å². The molecule has 0 unspecified atom stereocenters. The van der Waals surface area contributed by atoms with Crippen LogP contribution in [0.2, 0.25) is 0 Å². The van der Waals surface area contributed by atoms with Crippen LogP contribution in [0.5, 0.6) is 0 Å². The van der Waals surface area contributed by atoms with Crippen molar-refractivity contribution >= 4 is 0 Å². The molecule has 0 aliphatic heterocycles.